The molecule has 0 unspecified atom stereocenters. The molecule has 1 aliphatic carbocycles. The first-order chi connectivity index (χ1) is 7.24. The van der Waals surface area contributed by atoms with Gasteiger partial charge in [0.1, 0.15) is 0 Å². The molecule has 0 aromatic carbocycles. The molecule has 0 bridgehead atoms. The van der Waals surface area contributed by atoms with Gasteiger partial charge in [-0.3, -0.25) is 0 Å². The molecule has 1 saturated carbocycles. The summed E-state index contributed by atoms with van der Waals surface area (Å²) in [5, 5.41) is 0. The second-order valence-corrected chi connectivity index (χ2v) is 6.16. The number of nitrogens with zero attached hydrogens (tertiary/aromatic N) is 1. The Balaban J connectivity index is 1.58. The Hall–Kier alpha value is -0.0400. The van der Waals surface area contributed by atoms with Gasteiger partial charge in [0.15, 0.2) is 0 Å². The number of likely N-dealkylation sites (tertiary alicyclic amines) is 1. The SMILES string of the molecule is CC(C)CCC1CCN(CC2CC2)CC1. The first-order valence-corrected chi connectivity index (χ1v) is 6.96. The van der Waals surface area contributed by atoms with Crippen molar-refractivity contribution >= 4 is 0 Å². The third-order valence-electron chi connectivity index (χ3n) is 4.07. The third-order valence-corrected chi connectivity index (χ3v) is 4.07. The van der Waals surface area contributed by atoms with Crippen molar-refractivity contribution in [3.05, 3.63) is 0 Å². The van der Waals surface area contributed by atoms with E-state index in [9.17, 15) is 0 Å². The quantitative estimate of drug-likeness (QED) is 0.669. The Morgan fingerprint density at radius 2 is 1.67 bits per heavy atom. The highest BCUT2D eigenvalue weighted by atomic mass is 15.1. The van der Waals surface area contributed by atoms with Gasteiger partial charge in [-0.15, -0.1) is 0 Å². The fraction of sp³-hybridized carbons (Fsp3) is 1.00. The normalized spacial score (nSPS) is 25.0. The lowest BCUT2D eigenvalue weighted by Crippen LogP contribution is -2.35. The van der Waals surface area contributed by atoms with E-state index < -0.39 is 0 Å². The van der Waals surface area contributed by atoms with E-state index in [1.54, 1.807) is 0 Å². The van der Waals surface area contributed by atoms with Crippen molar-refractivity contribution < 1.29 is 0 Å². The molecule has 0 radical (unpaired) electrons. The van der Waals surface area contributed by atoms with Crippen LogP contribution in [-0.4, -0.2) is 24.5 Å². The van der Waals surface area contributed by atoms with Crippen molar-refractivity contribution in [1.29, 1.82) is 0 Å². The maximum Gasteiger partial charge on any atom is 0.000966 e. The highest BCUT2D eigenvalue weighted by Crippen LogP contribution is 2.31. The van der Waals surface area contributed by atoms with Crippen molar-refractivity contribution in [2.45, 2.75) is 52.4 Å². The topological polar surface area (TPSA) is 3.24 Å². The van der Waals surface area contributed by atoms with Crippen molar-refractivity contribution in [1.82, 2.24) is 4.90 Å². The zero-order chi connectivity index (χ0) is 10.7. The molecule has 1 saturated heterocycles. The van der Waals surface area contributed by atoms with Gasteiger partial charge in [0, 0.05) is 6.54 Å². The highest BCUT2D eigenvalue weighted by molar-refractivity contribution is 4.80. The first kappa shape index (κ1) is 11.4. The number of hydrogen-bond acceptors (Lipinski definition) is 1. The van der Waals surface area contributed by atoms with E-state index in [2.05, 4.69) is 18.7 Å². The molecular weight excluding hydrogens is 182 g/mol. The summed E-state index contributed by atoms with van der Waals surface area (Å²) in [5.41, 5.74) is 0. The van der Waals surface area contributed by atoms with Crippen LogP contribution in [-0.2, 0) is 0 Å². The number of piperidine rings is 1. The smallest absolute Gasteiger partial charge is 0.000966 e. The number of hydrogen-bond donors (Lipinski definition) is 0. The minimum atomic E-state index is 0.898. The lowest BCUT2D eigenvalue weighted by Gasteiger charge is -2.32. The molecular formula is C14H27N. The molecule has 1 heterocycles. The predicted molar refractivity (Wildman–Crippen MR) is 66.0 cm³/mol. The van der Waals surface area contributed by atoms with Crippen LogP contribution in [0, 0.1) is 17.8 Å². The van der Waals surface area contributed by atoms with Gasteiger partial charge < -0.3 is 4.90 Å². The summed E-state index contributed by atoms with van der Waals surface area (Å²) in [6.45, 7) is 8.89. The van der Waals surface area contributed by atoms with Gasteiger partial charge in [-0.05, 0) is 56.5 Å². The van der Waals surface area contributed by atoms with Gasteiger partial charge in [-0.25, -0.2) is 0 Å². The van der Waals surface area contributed by atoms with Crippen LogP contribution in [0.1, 0.15) is 52.4 Å². The van der Waals surface area contributed by atoms with Crippen molar-refractivity contribution in [2.75, 3.05) is 19.6 Å². The van der Waals surface area contributed by atoms with Crippen LogP contribution in [0.3, 0.4) is 0 Å². The summed E-state index contributed by atoms with van der Waals surface area (Å²) in [7, 11) is 0. The van der Waals surface area contributed by atoms with Gasteiger partial charge in [0.2, 0.25) is 0 Å². The molecule has 0 spiro atoms. The van der Waals surface area contributed by atoms with E-state index in [-0.39, 0.29) is 0 Å². The molecule has 2 aliphatic rings. The van der Waals surface area contributed by atoms with Gasteiger partial charge in [0.25, 0.3) is 0 Å². The Morgan fingerprint density at radius 1 is 1.00 bits per heavy atom. The summed E-state index contributed by atoms with van der Waals surface area (Å²) in [5.74, 6) is 3.02. The van der Waals surface area contributed by atoms with Crippen LogP contribution in [0.4, 0.5) is 0 Å². The average Bonchev–Trinajstić information content (AvgIpc) is 3.01. The average molecular weight is 209 g/mol. The maximum absolute atomic E-state index is 2.71. The molecule has 88 valence electrons. The monoisotopic (exact) mass is 209 g/mol. The fourth-order valence-electron chi connectivity index (χ4n) is 2.69. The number of rotatable bonds is 5. The Bertz CT molecular complexity index is 176. The third kappa shape index (κ3) is 4.14. The highest BCUT2D eigenvalue weighted by Gasteiger charge is 2.26. The zero-order valence-electron chi connectivity index (χ0n) is 10.5. The molecule has 0 aromatic rings. The zero-order valence-corrected chi connectivity index (χ0v) is 10.5. The van der Waals surface area contributed by atoms with Crippen LogP contribution >= 0.6 is 0 Å². The molecule has 2 rings (SSSR count). The lowest BCUT2D eigenvalue weighted by atomic mass is 9.89. The van der Waals surface area contributed by atoms with Gasteiger partial charge in [-0.1, -0.05) is 26.7 Å². The van der Waals surface area contributed by atoms with Crippen LogP contribution in [0.25, 0.3) is 0 Å². The van der Waals surface area contributed by atoms with Crippen LogP contribution in [0.15, 0.2) is 0 Å². The summed E-state index contributed by atoms with van der Waals surface area (Å²) < 4.78 is 0. The van der Waals surface area contributed by atoms with Crippen molar-refractivity contribution in [3.63, 3.8) is 0 Å². The predicted octanol–water partition coefficient (Wildman–Crippen LogP) is 3.54. The molecule has 1 nitrogen and oxygen atoms in total. The first-order valence-electron chi connectivity index (χ1n) is 6.96. The molecule has 2 fully saturated rings. The van der Waals surface area contributed by atoms with E-state index in [1.807, 2.05) is 0 Å². The molecule has 1 aliphatic heterocycles. The molecule has 0 amide bonds. The van der Waals surface area contributed by atoms with E-state index in [0.29, 0.717) is 0 Å². The van der Waals surface area contributed by atoms with E-state index in [0.717, 1.165) is 17.8 Å². The van der Waals surface area contributed by atoms with E-state index >= 15 is 0 Å². The standard InChI is InChI=1S/C14H27N/c1-12(2)3-4-13-7-9-15(10-8-13)11-14-5-6-14/h12-14H,3-11H2,1-2H3. The molecule has 0 atom stereocenters. The molecule has 1 heteroatoms. The summed E-state index contributed by atoms with van der Waals surface area (Å²) in [6, 6.07) is 0. The van der Waals surface area contributed by atoms with E-state index in [4.69, 9.17) is 0 Å². The summed E-state index contributed by atoms with van der Waals surface area (Å²) in [4.78, 5) is 2.71. The lowest BCUT2D eigenvalue weighted by molar-refractivity contribution is 0.169. The molecule has 0 N–H and O–H groups in total. The van der Waals surface area contributed by atoms with Crippen LogP contribution in [0.2, 0.25) is 0 Å². The Kier molecular flexibility index (Phi) is 4.07. The van der Waals surface area contributed by atoms with Crippen LogP contribution in [0.5, 0.6) is 0 Å². The molecule has 0 aromatic heterocycles. The summed E-state index contributed by atoms with van der Waals surface area (Å²) in [6.07, 6.45) is 8.88. The Morgan fingerprint density at radius 3 is 2.20 bits per heavy atom. The minimum absolute atomic E-state index is 0.898. The van der Waals surface area contributed by atoms with Crippen LogP contribution < -0.4 is 0 Å². The Labute approximate surface area is 95.2 Å². The summed E-state index contributed by atoms with van der Waals surface area (Å²) >= 11 is 0. The maximum atomic E-state index is 2.71. The second kappa shape index (κ2) is 5.34. The van der Waals surface area contributed by atoms with Gasteiger partial charge >= 0.3 is 0 Å². The molecule has 15 heavy (non-hydrogen) atoms. The van der Waals surface area contributed by atoms with E-state index in [1.165, 1.54) is 58.2 Å². The van der Waals surface area contributed by atoms with Gasteiger partial charge in [0.05, 0.1) is 0 Å². The fourth-order valence-corrected chi connectivity index (χ4v) is 2.69. The van der Waals surface area contributed by atoms with Crippen molar-refractivity contribution in [3.8, 4) is 0 Å². The van der Waals surface area contributed by atoms with Crippen molar-refractivity contribution in [2.24, 2.45) is 17.8 Å². The van der Waals surface area contributed by atoms with Gasteiger partial charge in [-0.2, -0.15) is 0 Å². The minimum Gasteiger partial charge on any atom is -0.303 e. The second-order valence-electron chi connectivity index (χ2n) is 6.16. The largest absolute Gasteiger partial charge is 0.303 e.